The topological polar surface area (TPSA) is 38.3 Å². The molecule has 0 bridgehead atoms. The summed E-state index contributed by atoms with van der Waals surface area (Å²) < 4.78 is 38.9. The Balaban J connectivity index is 3.41. The number of halogens is 4. The van der Waals surface area contributed by atoms with Crippen LogP contribution in [0.5, 0.6) is 0 Å². The number of nitrogens with one attached hydrogen (secondary N) is 1. The molecule has 0 atom stereocenters. The second-order valence-electron chi connectivity index (χ2n) is 2.15. The van der Waals surface area contributed by atoms with Crippen molar-refractivity contribution in [3.63, 3.8) is 0 Å². The average Bonchev–Trinajstić information content (AvgIpc) is 2.00. The lowest BCUT2D eigenvalue weighted by Crippen LogP contribution is -2.34. The van der Waals surface area contributed by atoms with Crippen LogP contribution in [0.4, 0.5) is 18.0 Å². The quantitative estimate of drug-likeness (QED) is 0.579. The Morgan fingerprint density at radius 3 is 2.54 bits per heavy atom. The van der Waals surface area contributed by atoms with Gasteiger partial charge in [0.2, 0.25) is 0 Å². The van der Waals surface area contributed by atoms with E-state index in [1.54, 1.807) is 5.32 Å². The van der Waals surface area contributed by atoms with Crippen molar-refractivity contribution in [1.29, 1.82) is 0 Å². The van der Waals surface area contributed by atoms with E-state index in [-0.39, 0.29) is 6.61 Å². The highest BCUT2D eigenvalue weighted by atomic mass is 35.5. The highest BCUT2D eigenvalue weighted by Crippen LogP contribution is 2.12. The fraction of sp³-hybridized carbons (Fsp3) is 0.833. The number of carbonyl (C=O) groups excluding carboxylic acids is 1. The molecule has 0 heterocycles. The molecule has 0 aromatic heterocycles. The summed E-state index contributed by atoms with van der Waals surface area (Å²) >= 11 is 5.24. The molecule has 0 saturated heterocycles. The smallest absolute Gasteiger partial charge is 0.407 e. The third kappa shape index (κ3) is 9.26. The van der Waals surface area contributed by atoms with E-state index in [1.165, 1.54) is 0 Å². The molecule has 0 aromatic rings. The summed E-state index contributed by atoms with van der Waals surface area (Å²) in [5.41, 5.74) is 0. The van der Waals surface area contributed by atoms with Crippen LogP contribution in [0.2, 0.25) is 0 Å². The summed E-state index contributed by atoms with van der Waals surface area (Å²) in [6, 6.07) is 0. The minimum absolute atomic E-state index is 0.0210. The SMILES string of the molecule is O=C(NCC(F)(F)F)OCCCCl. The van der Waals surface area contributed by atoms with Crippen LogP contribution < -0.4 is 5.32 Å². The van der Waals surface area contributed by atoms with E-state index in [4.69, 9.17) is 11.6 Å². The van der Waals surface area contributed by atoms with Gasteiger partial charge in [-0.25, -0.2) is 4.79 Å². The third-order valence-corrected chi connectivity index (χ3v) is 1.21. The van der Waals surface area contributed by atoms with Gasteiger partial charge < -0.3 is 10.1 Å². The van der Waals surface area contributed by atoms with Crippen LogP contribution in [0.1, 0.15) is 6.42 Å². The molecule has 0 aromatic carbocycles. The van der Waals surface area contributed by atoms with Crippen LogP contribution in [0.15, 0.2) is 0 Å². The second-order valence-corrected chi connectivity index (χ2v) is 2.53. The highest BCUT2D eigenvalue weighted by Gasteiger charge is 2.27. The third-order valence-electron chi connectivity index (χ3n) is 0.944. The first-order valence-electron chi connectivity index (χ1n) is 3.49. The van der Waals surface area contributed by atoms with Gasteiger partial charge in [0.05, 0.1) is 6.61 Å². The van der Waals surface area contributed by atoms with E-state index >= 15 is 0 Å². The lowest BCUT2D eigenvalue weighted by atomic mass is 10.5. The maximum Gasteiger partial charge on any atom is 0.407 e. The van der Waals surface area contributed by atoms with E-state index in [0.717, 1.165) is 0 Å². The standard InChI is InChI=1S/C6H9ClF3NO2/c7-2-1-3-13-5(12)11-4-6(8,9)10/h1-4H2,(H,11,12). The predicted octanol–water partition coefficient (Wildman–Crippen LogP) is 1.90. The van der Waals surface area contributed by atoms with Crippen molar-refractivity contribution in [1.82, 2.24) is 5.32 Å². The first kappa shape index (κ1) is 12.3. The number of alkyl carbamates (subject to hydrolysis) is 1. The number of amides is 1. The van der Waals surface area contributed by atoms with E-state index in [9.17, 15) is 18.0 Å². The summed E-state index contributed by atoms with van der Waals surface area (Å²) in [4.78, 5) is 10.5. The zero-order valence-electron chi connectivity index (χ0n) is 6.66. The Bertz CT molecular complexity index is 162. The number of alkyl halides is 4. The van der Waals surface area contributed by atoms with Crippen LogP contribution >= 0.6 is 11.6 Å². The molecule has 0 rings (SSSR count). The Labute approximate surface area is 78.2 Å². The van der Waals surface area contributed by atoms with Crippen molar-refractivity contribution < 1.29 is 22.7 Å². The minimum atomic E-state index is -4.41. The van der Waals surface area contributed by atoms with Crippen molar-refractivity contribution in [3.05, 3.63) is 0 Å². The molecule has 1 N–H and O–H groups in total. The fourth-order valence-corrected chi connectivity index (χ4v) is 0.552. The maximum atomic E-state index is 11.5. The summed E-state index contributed by atoms with van der Waals surface area (Å²) in [7, 11) is 0. The van der Waals surface area contributed by atoms with Crippen LogP contribution in [0.3, 0.4) is 0 Å². The largest absolute Gasteiger partial charge is 0.450 e. The van der Waals surface area contributed by atoms with Crippen molar-refractivity contribution in [3.8, 4) is 0 Å². The molecule has 78 valence electrons. The summed E-state index contributed by atoms with van der Waals surface area (Å²) in [5.74, 6) is 0.298. The number of hydrogen-bond acceptors (Lipinski definition) is 2. The summed E-state index contributed by atoms with van der Waals surface area (Å²) in [6.07, 6.45) is -5.07. The van der Waals surface area contributed by atoms with Crippen LogP contribution in [0.25, 0.3) is 0 Å². The zero-order valence-corrected chi connectivity index (χ0v) is 7.41. The van der Waals surface area contributed by atoms with Gasteiger partial charge in [-0.2, -0.15) is 13.2 Å². The summed E-state index contributed by atoms with van der Waals surface area (Å²) in [6.45, 7) is -1.36. The Morgan fingerprint density at radius 1 is 1.46 bits per heavy atom. The monoisotopic (exact) mass is 219 g/mol. The van der Waals surface area contributed by atoms with Crippen molar-refractivity contribution >= 4 is 17.7 Å². The van der Waals surface area contributed by atoms with Gasteiger partial charge in [0.25, 0.3) is 0 Å². The molecule has 0 saturated carbocycles. The number of rotatable bonds is 4. The Morgan fingerprint density at radius 2 is 2.08 bits per heavy atom. The maximum absolute atomic E-state index is 11.5. The van der Waals surface area contributed by atoms with E-state index in [1.807, 2.05) is 0 Å². The molecule has 1 amide bonds. The normalized spacial score (nSPS) is 11.1. The van der Waals surface area contributed by atoms with E-state index < -0.39 is 18.8 Å². The summed E-state index contributed by atoms with van der Waals surface area (Å²) in [5, 5.41) is 1.55. The van der Waals surface area contributed by atoms with Crippen LogP contribution in [-0.4, -0.2) is 31.3 Å². The van der Waals surface area contributed by atoms with Gasteiger partial charge in [0, 0.05) is 5.88 Å². The van der Waals surface area contributed by atoms with Gasteiger partial charge >= 0.3 is 12.3 Å². The van der Waals surface area contributed by atoms with Crippen LogP contribution in [-0.2, 0) is 4.74 Å². The number of ether oxygens (including phenoxy) is 1. The number of carbonyl (C=O) groups is 1. The molecule has 0 radical (unpaired) electrons. The van der Waals surface area contributed by atoms with Gasteiger partial charge in [-0.3, -0.25) is 0 Å². The number of hydrogen-bond donors (Lipinski definition) is 1. The van der Waals surface area contributed by atoms with Gasteiger partial charge in [0.1, 0.15) is 6.54 Å². The van der Waals surface area contributed by atoms with E-state index in [0.29, 0.717) is 12.3 Å². The molecular weight excluding hydrogens is 211 g/mol. The first-order valence-corrected chi connectivity index (χ1v) is 4.02. The highest BCUT2D eigenvalue weighted by molar-refractivity contribution is 6.17. The average molecular weight is 220 g/mol. The molecule has 0 aliphatic rings. The first-order chi connectivity index (χ1) is 5.95. The lowest BCUT2D eigenvalue weighted by Gasteiger charge is -2.08. The molecule has 0 aliphatic heterocycles. The van der Waals surface area contributed by atoms with Gasteiger partial charge in [0.15, 0.2) is 0 Å². The van der Waals surface area contributed by atoms with E-state index in [2.05, 4.69) is 4.74 Å². The van der Waals surface area contributed by atoms with Gasteiger partial charge in [-0.05, 0) is 6.42 Å². The van der Waals surface area contributed by atoms with Gasteiger partial charge in [-0.15, -0.1) is 11.6 Å². The second kappa shape index (κ2) is 5.90. The molecule has 0 spiro atoms. The molecule has 13 heavy (non-hydrogen) atoms. The molecule has 0 fully saturated rings. The van der Waals surface area contributed by atoms with Crippen molar-refractivity contribution in [2.75, 3.05) is 19.0 Å². The van der Waals surface area contributed by atoms with Crippen molar-refractivity contribution in [2.45, 2.75) is 12.6 Å². The zero-order chi connectivity index (χ0) is 10.3. The molecule has 0 aliphatic carbocycles. The molecular formula is C6H9ClF3NO2. The predicted molar refractivity (Wildman–Crippen MR) is 40.7 cm³/mol. The Kier molecular flexibility index (Phi) is 5.61. The molecule has 7 heteroatoms. The molecule has 0 unspecified atom stereocenters. The Hall–Kier alpha value is -0.650. The molecule has 3 nitrogen and oxygen atoms in total. The van der Waals surface area contributed by atoms with Gasteiger partial charge in [-0.1, -0.05) is 0 Å². The van der Waals surface area contributed by atoms with Crippen LogP contribution in [0, 0.1) is 0 Å². The minimum Gasteiger partial charge on any atom is -0.450 e. The fourth-order valence-electron chi connectivity index (χ4n) is 0.443. The van der Waals surface area contributed by atoms with Crippen molar-refractivity contribution in [2.24, 2.45) is 0 Å². The lowest BCUT2D eigenvalue weighted by molar-refractivity contribution is -0.123.